The Balaban J connectivity index is 2.26. The van der Waals surface area contributed by atoms with Crippen LogP contribution in [0.1, 0.15) is 42.8 Å². The zero-order valence-corrected chi connectivity index (χ0v) is 14.6. The molecule has 1 fully saturated rings. The van der Waals surface area contributed by atoms with E-state index in [2.05, 4.69) is 14.9 Å². The van der Waals surface area contributed by atoms with E-state index in [0.717, 1.165) is 42.3 Å². The molecule has 0 aliphatic carbocycles. The molecule has 1 aromatic rings. The molecule has 2 heterocycles. The number of hydrogen-bond acceptors (Lipinski definition) is 5. The van der Waals surface area contributed by atoms with Gasteiger partial charge in [-0.05, 0) is 46.5 Å². The van der Waals surface area contributed by atoms with Crippen molar-refractivity contribution < 1.29 is 14.6 Å². The lowest BCUT2D eigenvalue weighted by Gasteiger charge is -2.41. The zero-order chi connectivity index (χ0) is 17.0. The molecule has 0 radical (unpaired) electrons. The first kappa shape index (κ1) is 17.7. The first-order valence-electron chi connectivity index (χ1n) is 8.19. The smallest absolute Gasteiger partial charge is 0.311 e. The Hall–Kier alpha value is -1.69. The van der Waals surface area contributed by atoms with Crippen molar-refractivity contribution in [3.63, 3.8) is 0 Å². The van der Waals surface area contributed by atoms with Gasteiger partial charge in [-0.2, -0.15) is 0 Å². The van der Waals surface area contributed by atoms with Crippen LogP contribution in [0.5, 0.6) is 0 Å². The number of carboxylic acid groups (broad SMARTS) is 1. The summed E-state index contributed by atoms with van der Waals surface area (Å²) in [4.78, 5) is 23.1. The van der Waals surface area contributed by atoms with Crippen molar-refractivity contribution in [2.45, 2.75) is 46.5 Å². The number of carbonyl (C=O) groups is 1. The van der Waals surface area contributed by atoms with Gasteiger partial charge in [-0.25, -0.2) is 9.97 Å². The second-order valence-corrected chi connectivity index (χ2v) is 6.51. The number of ether oxygens (including phenoxy) is 1. The standard InChI is InChI=1S/C17H27N3O3/c1-12-13(2)18-14(3)19-15(12)20-9-5-7-17(11-20,16(21)22)8-6-10-23-4/h5-11H2,1-4H3,(H,21,22)/t17-/m1/s1. The maximum atomic E-state index is 12.0. The average molecular weight is 321 g/mol. The quantitative estimate of drug-likeness (QED) is 0.811. The van der Waals surface area contributed by atoms with Gasteiger partial charge < -0.3 is 14.7 Å². The molecule has 0 bridgehead atoms. The largest absolute Gasteiger partial charge is 0.481 e. The van der Waals surface area contributed by atoms with E-state index < -0.39 is 11.4 Å². The Morgan fingerprint density at radius 3 is 2.74 bits per heavy atom. The number of hydrogen-bond donors (Lipinski definition) is 1. The Labute approximate surface area is 137 Å². The third-order valence-electron chi connectivity index (χ3n) is 4.81. The van der Waals surface area contributed by atoms with Crippen molar-refractivity contribution in [2.24, 2.45) is 5.41 Å². The Bertz CT molecular complexity index is 576. The molecule has 1 aliphatic rings. The van der Waals surface area contributed by atoms with Crippen LogP contribution in [-0.4, -0.2) is 47.8 Å². The summed E-state index contributed by atoms with van der Waals surface area (Å²) in [5.74, 6) is 0.902. The first-order chi connectivity index (χ1) is 10.9. The molecule has 0 aromatic carbocycles. The monoisotopic (exact) mass is 321 g/mol. The minimum absolute atomic E-state index is 0.503. The first-order valence-corrected chi connectivity index (χ1v) is 8.19. The van der Waals surface area contributed by atoms with Crippen molar-refractivity contribution in [3.8, 4) is 0 Å². The second-order valence-electron chi connectivity index (χ2n) is 6.51. The highest BCUT2D eigenvalue weighted by atomic mass is 16.5. The molecule has 0 spiro atoms. The number of rotatable bonds is 6. The van der Waals surface area contributed by atoms with Crippen LogP contribution in [-0.2, 0) is 9.53 Å². The summed E-state index contributed by atoms with van der Waals surface area (Å²) >= 11 is 0. The number of anilines is 1. The van der Waals surface area contributed by atoms with Crippen molar-refractivity contribution in [3.05, 3.63) is 17.1 Å². The van der Waals surface area contributed by atoms with E-state index in [1.54, 1.807) is 7.11 Å². The van der Waals surface area contributed by atoms with Crippen LogP contribution < -0.4 is 4.90 Å². The van der Waals surface area contributed by atoms with Crippen LogP contribution in [0, 0.1) is 26.2 Å². The van der Waals surface area contributed by atoms with Gasteiger partial charge in [0.05, 0.1) is 5.41 Å². The number of nitrogens with zero attached hydrogens (tertiary/aromatic N) is 3. The third kappa shape index (κ3) is 3.80. The molecule has 23 heavy (non-hydrogen) atoms. The van der Waals surface area contributed by atoms with Crippen molar-refractivity contribution in [1.82, 2.24) is 9.97 Å². The molecule has 128 valence electrons. The van der Waals surface area contributed by atoms with Crippen LogP contribution in [0.2, 0.25) is 0 Å². The summed E-state index contributed by atoms with van der Waals surface area (Å²) in [7, 11) is 1.65. The normalized spacial score (nSPS) is 21.5. The number of aryl methyl sites for hydroxylation is 2. The van der Waals surface area contributed by atoms with Gasteiger partial charge in [0.1, 0.15) is 11.6 Å². The van der Waals surface area contributed by atoms with Gasteiger partial charge >= 0.3 is 5.97 Å². The van der Waals surface area contributed by atoms with Crippen LogP contribution in [0.25, 0.3) is 0 Å². The molecule has 0 saturated carbocycles. The lowest BCUT2D eigenvalue weighted by Crippen LogP contribution is -2.48. The number of methoxy groups -OCH3 is 1. The zero-order valence-electron chi connectivity index (χ0n) is 14.6. The maximum absolute atomic E-state index is 12.0. The fourth-order valence-corrected chi connectivity index (χ4v) is 3.41. The molecule has 0 unspecified atom stereocenters. The number of aromatic nitrogens is 2. The predicted octanol–water partition coefficient (Wildman–Crippen LogP) is 2.50. The van der Waals surface area contributed by atoms with Gasteiger partial charge in [-0.1, -0.05) is 0 Å². The van der Waals surface area contributed by atoms with E-state index >= 15 is 0 Å². The summed E-state index contributed by atoms with van der Waals surface area (Å²) in [6, 6.07) is 0. The fourth-order valence-electron chi connectivity index (χ4n) is 3.41. The summed E-state index contributed by atoms with van der Waals surface area (Å²) < 4.78 is 5.09. The van der Waals surface area contributed by atoms with Crippen LogP contribution >= 0.6 is 0 Å². The Morgan fingerprint density at radius 1 is 1.35 bits per heavy atom. The van der Waals surface area contributed by atoms with E-state index in [1.165, 1.54) is 0 Å². The lowest BCUT2D eigenvalue weighted by molar-refractivity contribution is -0.150. The number of carboxylic acids is 1. The lowest BCUT2D eigenvalue weighted by atomic mass is 9.76. The van der Waals surface area contributed by atoms with E-state index in [4.69, 9.17) is 4.74 Å². The predicted molar refractivity (Wildman–Crippen MR) is 88.9 cm³/mol. The van der Waals surface area contributed by atoms with Gasteiger partial charge in [0, 0.05) is 38.1 Å². The molecular formula is C17H27N3O3. The minimum Gasteiger partial charge on any atom is -0.481 e. The van der Waals surface area contributed by atoms with Gasteiger partial charge in [-0.15, -0.1) is 0 Å². The Morgan fingerprint density at radius 2 is 2.09 bits per heavy atom. The van der Waals surface area contributed by atoms with E-state index in [1.807, 2.05) is 20.8 Å². The molecule has 0 amide bonds. The molecule has 1 aliphatic heterocycles. The molecule has 1 atom stereocenters. The van der Waals surface area contributed by atoms with E-state index in [0.29, 0.717) is 26.0 Å². The van der Waals surface area contributed by atoms with Crippen LogP contribution in [0.3, 0.4) is 0 Å². The van der Waals surface area contributed by atoms with Crippen molar-refractivity contribution in [2.75, 3.05) is 31.7 Å². The van der Waals surface area contributed by atoms with Gasteiger partial charge in [-0.3, -0.25) is 4.79 Å². The average Bonchev–Trinajstić information content (AvgIpc) is 2.51. The third-order valence-corrected chi connectivity index (χ3v) is 4.81. The fraction of sp³-hybridized carbons (Fsp3) is 0.706. The molecule has 1 aromatic heterocycles. The van der Waals surface area contributed by atoms with E-state index in [9.17, 15) is 9.90 Å². The highest BCUT2D eigenvalue weighted by Gasteiger charge is 2.42. The molecule has 6 heteroatoms. The second kappa shape index (κ2) is 7.25. The highest BCUT2D eigenvalue weighted by Crippen LogP contribution is 2.37. The maximum Gasteiger partial charge on any atom is 0.311 e. The molecule has 2 rings (SSSR count). The molecular weight excluding hydrogens is 294 g/mol. The highest BCUT2D eigenvalue weighted by molar-refractivity contribution is 5.76. The SMILES string of the molecule is COCCC[C@]1(C(=O)O)CCCN(c2nc(C)nc(C)c2C)C1. The van der Waals surface area contributed by atoms with Gasteiger partial charge in [0.25, 0.3) is 0 Å². The minimum atomic E-state index is -0.712. The van der Waals surface area contributed by atoms with E-state index in [-0.39, 0.29) is 0 Å². The van der Waals surface area contributed by atoms with Crippen molar-refractivity contribution in [1.29, 1.82) is 0 Å². The van der Waals surface area contributed by atoms with Crippen LogP contribution in [0.4, 0.5) is 5.82 Å². The van der Waals surface area contributed by atoms with Gasteiger partial charge in [0.2, 0.25) is 0 Å². The summed E-state index contributed by atoms with van der Waals surface area (Å²) in [6.45, 7) is 7.80. The van der Waals surface area contributed by atoms with Crippen molar-refractivity contribution >= 4 is 11.8 Å². The van der Waals surface area contributed by atoms with Gasteiger partial charge in [0.15, 0.2) is 0 Å². The summed E-state index contributed by atoms with van der Waals surface area (Å²) in [5, 5.41) is 9.83. The molecule has 6 nitrogen and oxygen atoms in total. The number of aliphatic carboxylic acids is 1. The Kier molecular flexibility index (Phi) is 5.57. The molecule has 1 saturated heterocycles. The summed E-state index contributed by atoms with van der Waals surface area (Å²) in [5.41, 5.74) is 1.28. The number of piperidine rings is 1. The summed E-state index contributed by atoms with van der Waals surface area (Å²) in [6.07, 6.45) is 2.97. The topological polar surface area (TPSA) is 75.6 Å². The molecule has 1 N–H and O–H groups in total. The van der Waals surface area contributed by atoms with Crippen LogP contribution in [0.15, 0.2) is 0 Å².